The van der Waals surface area contributed by atoms with Crippen molar-refractivity contribution in [3.63, 3.8) is 0 Å². The minimum atomic E-state index is -0.981. The van der Waals surface area contributed by atoms with E-state index in [0.717, 1.165) is 11.1 Å². The molecular weight excluding hydrogens is 492 g/mol. The number of rotatable bonds is 5. The molecule has 5 rings (SSSR count). The Kier molecular flexibility index (Phi) is 6.68. The summed E-state index contributed by atoms with van der Waals surface area (Å²) in [5, 5.41) is 22.7. The van der Waals surface area contributed by atoms with E-state index in [4.69, 9.17) is 9.72 Å². The molecule has 1 aromatic heterocycles. The molecule has 3 aromatic carbocycles. The van der Waals surface area contributed by atoms with Crippen molar-refractivity contribution in [2.75, 3.05) is 0 Å². The van der Waals surface area contributed by atoms with Crippen LogP contribution in [-0.4, -0.2) is 21.0 Å². The molecule has 4 aromatic rings. The van der Waals surface area contributed by atoms with Crippen LogP contribution in [0.25, 0.3) is 22.6 Å². The van der Waals surface area contributed by atoms with Gasteiger partial charge in [0, 0.05) is 11.5 Å². The second-order valence-corrected chi connectivity index (χ2v) is 11.2. The summed E-state index contributed by atoms with van der Waals surface area (Å²) in [6.45, 7) is 8.43. The summed E-state index contributed by atoms with van der Waals surface area (Å²) in [7, 11) is 0. The molecule has 1 N–H and O–H groups in total. The minimum Gasteiger partial charge on any atom is -0.478 e. The van der Waals surface area contributed by atoms with E-state index in [-0.39, 0.29) is 28.3 Å². The van der Waals surface area contributed by atoms with Crippen LogP contribution >= 0.6 is 0 Å². The van der Waals surface area contributed by atoms with E-state index < -0.39 is 10.9 Å². The smallest absolute Gasteiger partial charge is 0.336 e. The van der Waals surface area contributed by atoms with E-state index in [2.05, 4.69) is 27.7 Å². The molecule has 0 fully saturated rings. The van der Waals surface area contributed by atoms with Gasteiger partial charge in [-0.05, 0) is 76.8 Å². The van der Waals surface area contributed by atoms with E-state index in [9.17, 15) is 20.0 Å². The molecule has 1 heterocycles. The summed E-state index contributed by atoms with van der Waals surface area (Å²) in [6.07, 6.45) is 3.16. The fraction of sp³-hybridized carbons (Fsp3) is 0.250. The molecule has 0 amide bonds. The average molecular weight is 523 g/mol. The predicted molar refractivity (Wildman–Crippen MR) is 152 cm³/mol. The molecule has 0 bridgehead atoms. The zero-order valence-corrected chi connectivity index (χ0v) is 22.4. The molecule has 198 valence electrons. The number of ether oxygens (including phenoxy) is 1. The number of carboxylic acids is 1. The lowest BCUT2D eigenvalue weighted by Crippen LogP contribution is -2.17. The Balaban J connectivity index is 1.55. The van der Waals surface area contributed by atoms with Gasteiger partial charge in [0.25, 0.3) is 0 Å². The van der Waals surface area contributed by atoms with Crippen molar-refractivity contribution in [1.29, 1.82) is 0 Å². The lowest BCUT2D eigenvalue weighted by Gasteiger charge is -2.26. The van der Waals surface area contributed by atoms with Crippen molar-refractivity contribution in [3.8, 4) is 11.5 Å². The number of hydrogen-bond acceptors (Lipinski definition) is 5. The van der Waals surface area contributed by atoms with Gasteiger partial charge >= 0.3 is 11.7 Å². The van der Waals surface area contributed by atoms with Crippen molar-refractivity contribution in [1.82, 2.24) is 4.98 Å². The lowest BCUT2D eigenvalue weighted by atomic mass is 9.80. The zero-order chi connectivity index (χ0) is 27.9. The fourth-order valence-corrected chi connectivity index (χ4v) is 5.18. The second kappa shape index (κ2) is 9.98. The molecule has 7 heteroatoms. The highest BCUT2D eigenvalue weighted by molar-refractivity contribution is 6.06. The van der Waals surface area contributed by atoms with Crippen LogP contribution in [0.1, 0.15) is 66.9 Å². The van der Waals surface area contributed by atoms with Gasteiger partial charge in [0.2, 0.25) is 5.75 Å². The summed E-state index contributed by atoms with van der Waals surface area (Å²) in [5.74, 6) is -0.116. The highest BCUT2D eigenvalue weighted by atomic mass is 16.6. The van der Waals surface area contributed by atoms with E-state index in [1.54, 1.807) is 18.2 Å². The summed E-state index contributed by atoms with van der Waals surface area (Å²) in [5.41, 5.74) is 4.71. The number of pyridine rings is 1. The highest BCUT2D eigenvalue weighted by Crippen LogP contribution is 2.40. The fourth-order valence-electron chi connectivity index (χ4n) is 5.18. The molecule has 0 unspecified atom stereocenters. The van der Waals surface area contributed by atoms with Gasteiger partial charge in [-0.1, -0.05) is 64.1 Å². The van der Waals surface area contributed by atoms with Crippen LogP contribution < -0.4 is 4.74 Å². The third kappa shape index (κ3) is 5.25. The highest BCUT2D eigenvalue weighted by Gasteiger charge is 2.28. The Labute approximate surface area is 226 Å². The lowest BCUT2D eigenvalue weighted by molar-refractivity contribution is -0.385. The first-order chi connectivity index (χ1) is 18.5. The monoisotopic (exact) mass is 522 g/mol. The van der Waals surface area contributed by atoms with Crippen LogP contribution in [0.15, 0.2) is 66.7 Å². The van der Waals surface area contributed by atoms with Gasteiger partial charge in [0.05, 0.1) is 21.7 Å². The number of para-hydroxylation sites is 1. The first kappa shape index (κ1) is 26.1. The van der Waals surface area contributed by atoms with E-state index in [1.807, 2.05) is 48.5 Å². The molecule has 7 nitrogen and oxygen atoms in total. The maximum atomic E-state index is 12.3. The van der Waals surface area contributed by atoms with Crippen molar-refractivity contribution in [2.45, 2.75) is 46.0 Å². The van der Waals surface area contributed by atoms with Gasteiger partial charge in [-0.2, -0.15) is 0 Å². The van der Waals surface area contributed by atoms with Crippen LogP contribution in [0.3, 0.4) is 0 Å². The number of aromatic carboxylic acids is 1. The molecule has 0 aliphatic heterocycles. The minimum absolute atomic E-state index is 0.0126. The topological polar surface area (TPSA) is 103 Å². The Morgan fingerprint density at radius 3 is 2.46 bits per heavy atom. The molecular formula is C32H30N2O5. The van der Waals surface area contributed by atoms with Crippen LogP contribution in [0, 0.1) is 16.0 Å². The van der Waals surface area contributed by atoms with Gasteiger partial charge in [-0.25, -0.2) is 9.78 Å². The molecule has 39 heavy (non-hydrogen) atoms. The zero-order valence-electron chi connectivity index (χ0n) is 22.4. The van der Waals surface area contributed by atoms with E-state index in [1.165, 1.54) is 6.07 Å². The van der Waals surface area contributed by atoms with E-state index in [0.29, 0.717) is 46.3 Å². The third-order valence-corrected chi connectivity index (χ3v) is 7.10. The number of hydrogen-bond donors (Lipinski definition) is 1. The normalized spacial score (nSPS) is 16.2. The molecule has 1 aliphatic rings. The SMILES string of the molecule is C[C@@H]1C/C(=C/c2ccc(Oc3ccc(C(C)(C)C)cc3)c([N+](=O)[O-])c2)c2nc3ccccc3c(C(=O)O)c2C1. The Morgan fingerprint density at radius 1 is 1.08 bits per heavy atom. The molecule has 1 aliphatic carbocycles. The second-order valence-electron chi connectivity index (χ2n) is 11.2. The molecule has 0 spiro atoms. The Morgan fingerprint density at radius 2 is 1.79 bits per heavy atom. The van der Waals surface area contributed by atoms with Crippen LogP contribution in [-0.2, 0) is 11.8 Å². The number of benzene rings is 3. The van der Waals surface area contributed by atoms with Gasteiger partial charge in [0.15, 0.2) is 0 Å². The van der Waals surface area contributed by atoms with Crippen molar-refractivity contribution in [3.05, 3.63) is 105 Å². The first-order valence-electron chi connectivity index (χ1n) is 12.9. The van der Waals surface area contributed by atoms with Gasteiger partial charge in [-0.15, -0.1) is 0 Å². The number of carboxylic acid groups (broad SMARTS) is 1. The predicted octanol–water partition coefficient (Wildman–Crippen LogP) is 8.05. The Bertz CT molecular complexity index is 1630. The van der Waals surface area contributed by atoms with Crippen LogP contribution in [0.2, 0.25) is 0 Å². The molecule has 1 atom stereocenters. The summed E-state index contributed by atoms with van der Waals surface area (Å²) >= 11 is 0. The number of nitrogens with zero attached hydrogens (tertiary/aromatic N) is 2. The number of fused-ring (bicyclic) bond motifs is 2. The maximum absolute atomic E-state index is 12.3. The van der Waals surface area contributed by atoms with Crippen molar-refractivity contribution in [2.24, 2.45) is 5.92 Å². The van der Waals surface area contributed by atoms with Crippen LogP contribution in [0.4, 0.5) is 5.69 Å². The molecule has 0 radical (unpaired) electrons. The molecule has 0 saturated carbocycles. The number of carbonyl (C=O) groups is 1. The summed E-state index contributed by atoms with van der Waals surface area (Å²) < 4.78 is 5.91. The largest absolute Gasteiger partial charge is 0.478 e. The van der Waals surface area contributed by atoms with E-state index >= 15 is 0 Å². The van der Waals surface area contributed by atoms with Gasteiger partial charge in [0.1, 0.15) is 5.75 Å². The quantitative estimate of drug-likeness (QED) is 0.210. The Hall–Kier alpha value is -4.52. The summed E-state index contributed by atoms with van der Waals surface area (Å²) in [4.78, 5) is 28.7. The van der Waals surface area contributed by atoms with Gasteiger partial charge in [-0.3, -0.25) is 10.1 Å². The van der Waals surface area contributed by atoms with Crippen molar-refractivity contribution >= 4 is 34.2 Å². The number of allylic oxidation sites excluding steroid dienone is 1. The van der Waals surface area contributed by atoms with Gasteiger partial charge < -0.3 is 9.84 Å². The van der Waals surface area contributed by atoms with Crippen LogP contribution in [0.5, 0.6) is 11.5 Å². The van der Waals surface area contributed by atoms with Crippen molar-refractivity contribution < 1.29 is 19.6 Å². The molecule has 0 saturated heterocycles. The number of nitro benzene ring substituents is 1. The third-order valence-electron chi connectivity index (χ3n) is 7.10. The first-order valence-corrected chi connectivity index (χ1v) is 12.9. The summed E-state index contributed by atoms with van der Waals surface area (Å²) in [6, 6.07) is 19.7. The average Bonchev–Trinajstić information content (AvgIpc) is 2.88. The number of nitro groups is 1. The standard InChI is InChI=1S/C32H30N2O5/c1-19-15-21(30-25(16-19)29(31(35)36)24-7-5-6-8-26(24)33-30)17-20-9-14-28(27(18-20)34(37)38)39-23-12-10-22(11-13-23)32(2,3)4/h5-14,17-19H,15-16H2,1-4H3,(H,35,36)/b21-17-/t19-/m1/s1. The maximum Gasteiger partial charge on any atom is 0.336 e. The number of aromatic nitrogens is 1.